The monoisotopic (exact) mass is 307 g/mol. The van der Waals surface area contributed by atoms with Crippen LogP contribution in [-0.2, 0) is 5.75 Å². The smallest absolute Gasteiger partial charge is 0.204 e. The molecule has 0 saturated carbocycles. The second kappa shape index (κ2) is 10.9. The van der Waals surface area contributed by atoms with Gasteiger partial charge in [0.2, 0.25) is 5.96 Å². The first-order chi connectivity index (χ1) is 10.2. The van der Waals surface area contributed by atoms with Crippen LogP contribution < -0.4 is 10.6 Å². The van der Waals surface area contributed by atoms with Crippen molar-refractivity contribution in [3.8, 4) is 6.19 Å². The van der Waals surface area contributed by atoms with Gasteiger partial charge in [-0.25, -0.2) is 9.97 Å². The Hall–Kier alpha value is -1.85. The summed E-state index contributed by atoms with van der Waals surface area (Å²) in [7, 11) is 3.98. The molecule has 114 valence electrons. The van der Waals surface area contributed by atoms with Gasteiger partial charge in [0.1, 0.15) is 5.82 Å². The van der Waals surface area contributed by atoms with E-state index in [9.17, 15) is 0 Å². The highest BCUT2D eigenvalue weighted by Gasteiger charge is 1.99. The summed E-state index contributed by atoms with van der Waals surface area (Å²) < 4.78 is 0. The van der Waals surface area contributed by atoms with E-state index in [2.05, 4.69) is 25.6 Å². The molecule has 0 amide bonds. The SMILES string of the molecule is CN(C)CCN=C(NC#N)NCCSCc1ncccn1. The van der Waals surface area contributed by atoms with Crippen molar-refractivity contribution in [2.45, 2.75) is 5.75 Å². The molecule has 0 aromatic carbocycles. The van der Waals surface area contributed by atoms with Gasteiger partial charge in [-0.15, -0.1) is 0 Å². The molecule has 7 nitrogen and oxygen atoms in total. The number of guanidine groups is 1. The number of nitrogens with one attached hydrogen (secondary N) is 2. The summed E-state index contributed by atoms with van der Waals surface area (Å²) in [5, 5.41) is 14.4. The fourth-order valence-electron chi connectivity index (χ4n) is 1.36. The van der Waals surface area contributed by atoms with E-state index >= 15 is 0 Å². The molecule has 2 N–H and O–H groups in total. The first-order valence-corrected chi connectivity index (χ1v) is 7.79. The summed E-state index contributed by atoms with van der Waals surface area (Å²) in [6.45, 7) is 2.22. The molecule has 0 bridgehead atoms. The number of thioether (sulfide) groups is 1. The summed E-state index contributed by atoms with van der Waals surface area (Å²) in [6, 6.07) is 1.81. The normalized spacial score (nSPS) is 11.2. The summed E-state index contributed by atoms with van der Waals surface area (Å²) in [5.41, 5.74) is 0. The van der Waals surface area contributed by atoms with Gasteiger partial charge < -0.3 is 10.2 Å². The van der Waals surface area contributed by atoms with Crippen molar-refractivity contribution < 1.29 is 0 Å². The van der Waals surface area contributed by atoms with Crippen molar-refractivity contribution in [3.05, 3.63) is 24.3 Å². The number of aliphatic imine (C=N–C) groups is 1. The van der Waals surface area contributed by atoms with E-state index in [1.54, 1.807) is 30.2 Å². The first kappa shape index (κ1) is 17.2. The molecule has 0 unspecified atom stereocenters. The maximum absolute atomic E-state index is 8.68. The van der Waals surface area contributed by atoms with Crippen LogP contribution in [-0.4, -0.2) is 60.3 Å². The molecule has 21 heavy (non-hydrogen) atoms. The summed E-state index contributed by atoms with van der Waals surface area (Å²) in [4.78, 5) is 14.7. The van der Waals surface area contributed by atoms with Crippen LogP contribution >= 0.6 is 11.8 Å². The van der Waals surface area contributed by atoms with Gasteiger partial charge >= 0.3 is 0 Å². The standard InChI is InChI=1S/C13H21N7S/c1-20(2)8-6-17-13(19-11-14)18-7-9-21-10-12-15-4-3-5-16-12/h3-5H,6-10H2,1-2H3,(H2,17,18,19). The third-order valence-electron chi connectivity index (χ3n) is 2.38. The van der Waals surface area contributed by atoms with Gasteiger partial charge in [-0.2, -0.15) is 17.0 Å². The van der Waals surface area contributed by atoms with Crippen molar-refractivity contribution in [2.24, 2.45) is 4.99 Å². The van der Waals surface area contributed by atoms with Crippen molar-refractivity contribution in [1.29, 1.82) is 5.26 Å². The predicted molar refractivity (Wildman–Crippen MR) is 85.8 cm³/mol. The number of likely N-dealkylation sites (N-methyl/N-ethyl adjacent to an activating group) is 1. The van der Waals surface area contributed by atoms with Crippen LogP contribution in [0.15, 0.2) is 23.5 Å². The first-order valence-electron chi connectivity index (χ1n) is 6.64. The molecule has 1 aromatic rings. The van der Waals surface area contributed by atoms with Crippen LogP contribution in [0.3, 0.4) is 0 Å². The topological polar surface area (TPSA) is 89.2 Å². The Kier molecular flexibility index (Phi) is 8.91. The average molecular weight is 307 g/mol. The maximum atomic E-state index is 8.68. The Labute approximate surface area is 129 Å². The fourth-order valence-corrected chi connectivity index (χ4v) is 2.09. The fraction of sp³-hybridized carbons (Fsp3) is 0.538. The number of aromatic nitrogens is 2. The molecular formula is C13H21N7S. The molecule has 1 rings (SSSR count). The van der Waals surface area contributed by atoms with E-state index in [1.165, 1.54) is 0 Å². The second-order valence-corrected chi connectivity index (χ2v) is 5.52. The minimum atomic E-state index is 0.524. The lowest BCUT2D eigenvalue weighted by Crippen LogP contribution is -2.36. The molecule has 0 aliphatic carbocycles. The maximum Gasteiger partial charge on any atom is 0.204 e. The summed E-state index contributed by atoms with van der Waals surface area (Å²) in [5.74, 6) is 3.02. The quantitative estimate of drug-likeness (QED) is 0.234. The average Bonchev–Trinajstić information content (AvgIpc) is 2.47. The van der Waals surface area contributed by atoms with Gasteiger partial charge in [0.25, 0.3) is 0 Å². The van der Waals surface area contributed by atoms with Gasteiger partial charge in [0.05, 0.1) is 12.3 Å². The van der Waals surface area contributed by atoms with Gasteiger partial charge in [-0.1, -0.05) is 0 Å². The van der Waals surface area contributed by atoms with E-state index in [-0.39, 0.29) is 0 Å². The zero-order valence-corrected chi connectivity index (χ0v) is 13.2. The highest BCUT2D eigenvalue weighted by molar-refractivity contribution is 7.98. The van der Waals surface area contributed by atoms with Crippen LogP contribution in [0, 0.1) is 11.5 Å². The molecule has 1 heterocycles. The van der Waals surface area contributed by atoms with Gasteiger partial charge in [0, 0.05) is 31.2 Å². The Morgan fingerprint density at radius 1 is 1.43 bits per heavy atom. The van der Waals surface area contributed by atoms with E-state index in [4.69, 9.17) is 5.26 Å². The lowest BCUT2D eigenvalue weighted by molar-refractivity contribution is 0.420. The number of rotatable bonds is 8. The van der Waals surface area contributed by atoms with Gasteiger partial charge in [0.15, 0.2) is 6.19 Å². The Bertz CT molecular complexity index is 455. The Balaban J connectivity index is 2.19. The minimum absolute atomic E-state index is 0.524. The molecule has 0 aliphatic heterocycles. The van der Waals surface area contributed by atoms with Crippen LogP contribution in [0.5, 0.6) is 0 Å². The molecule has 0 saturated heterocycles. The molecule has 0 radical (unpaired) electrons. The third-order valence-corrected chi connectivity index (χ3v) is 3.34. The van der Waals surface area contributed by atoms with Crippen LogP contribution in [0.1, 0.15) is 5.82 Å². The highest BCUT2D eigenvalue weighted by Crippen LogP contribution is 2.05. The van der Waals surface area contributed by atoms with Gasteiger partial charge in [-0.05, 0) is 20.2 Å². The largest absolute Gasteiger partial charge is 0.355 e. The van der Waals surface area contributed by atoms with E-state index in [0.717, 1.165) is 30.4 Å². The Morgan fingerprint density at radius 2 is 2.19 bits per heavy atom. The molecular weight excluding hydrogens is 286 g/mol. The lowest BCUT2D eigenvalue weighted by Gasteiger charge is -2.09. The van der Waals surface area contributed by atoms with Crippen molar-refractivity contribution in [3.63, 3.8) is 0 Å². The van der Waals surface area contributed by atoms with Crippen molar-refractivity contribution in [1.82, 2.24) is 25.5 Å². The van der Waals surface area contributed by atoms with Gasteiger partial charge in [-0.3, -0.25) is 10.3 Å². The second-order valence-electron chi connectivity index (χ2n) is 4.41. The molecule has 8 heteroatoms. The van der Waals surface area contributed by atoms with E-state index in [0.29, 0.717) is 12.5 Å². The molecule has 0 aliphatic rings. The highest BCUT2D eigenvalue weighted by atomic mass is 32.2. The number of hydrogen-bond acceptors (Lipinski definition) is 6. The molecule has 0 spiro atoms. The van der Waals surface area contributed by atoms with Crippen LogP contribution in [0.2, 0.25) is 0 Å². The molecule has 0 atom stereocenters. The minimum Gasteiger partial charge on any atom is -0.355 e. The third kappa shape index (κ3) is 8.83. The summed E-state index contributed by atoms with van der Waals surface area (Å²) >= 11 is 1.73. The molecule has 0 fully saturated rings. The van der Waals surface area contributed by atoms with Crippen molar-refractivity contribution >= 4 is 17.7 Å². The van der Waals surface area contributed by atoms with Crippen LogP contribution in [0.25, 0.3) is 0 Å². The zero-order valence-electron chi connectivity index (χ0n) is 12.4. The van der Waals surface area contributed by atoms with E-state index in [1.807, 2.05) is 25.2 Å². The van der Waals surface area contributed by atoms with Crippen LogP contribution in [0.4, 0.5) is 0 Å². The predicted octanol–water partition coefficient (Wildman–Crippen LogP) is 0.288. The number of hydrogen-bond donors (Lipinski definition) is 2. The summed E-state index contributed by atoms with van der Waals surface area (Å²) in [6.07, 6.45) is 5.38. The number of nitrogens with zero attached hydrogens (tertiary/aromatic N) is 5. The van der Waals surface area contributed by atoms with Crippen molar-refractivity contribution in [2.75, 3.05) is 39.5 Å². The zero-order chi connectivity index (χ0) is 15.3. The number of nitriles is 1. The lowest BCUT2D eigenvalue weighted by atomic mass is 10.6. The molecule has 1 aromatic heterocycles. The Morgan fingerprint density at radius 3 is 2.86 bits per heavy atom. The van der Waals surface area contributed by atoms with E-state index < -0.39 is 0 Å².